The summed E-state index contributed by atoms with van der Waals surface area (Å²) in [7, 11) is 1.58. The number of aromatic nitrogens is 2. The normalized spacial score (nSPS) is 19.8. The first-order valence-corrected chi connectivity index (χ1v) is 11.5. The number of likely N-dealkylation sites (tertiary alicyclic amines) is 1. The van der Waals surface area contributed by atoms with Crippen molar-refractivity contribution < 1.29 is 9.18 Å². The van der Waals surface area contributed by atoms with E-state index in [2.05, 4.69) is 10.2 Å². The average molecular weight is 437 g/mol. The first-order chi connectivity index (χ1) is 15.6. The summed E-state index contributed by atoms with van der Waals surface area (Å²) >= 11 is 0. The molecule has 0 spiro atoms. The quantitative estimate of drug-likeness (QED) is 0.682. The van der Waals surface area contributed by atoms with E-state index in [9.17, 15) is 14.0 Å². The van der Waals surface area contributed by atoms with Crippen molar-refractivity contribution in [2.24, 2.45) is 0 Å². The molecule has 2 aromatic carbocycles. The molecule has 7 heteroatoms. The van der Waals surface area contributed by atoms with Gasteiger partial charge in [-0.2, -0.15) is 0 Å². The highest BCUT2D eigenvalue weighted by Crippen LogP contribution is 2.37. The zero-order chi connectivity index (χ0) is 22.2. The topological polar surface area (TPSA) is 59.3 Å². The van der Waals surface area contributed by atoms with E-state index in [1.54, 1.807) is 23.7 Å². The number of piperidine rings is 1. The van der Waals surface area contributed by atoms with Crippen molar-refractivity contribution >= 4 is 16.9 Å². The summed E-state index contributed by atoms with van der Waals surface area (Å²) in [4.78, 5) is 27.8. The monoisotopic (exact) mass is 436 g/mol. The molecule has 2 heterocycles. The lowest BCUT2D eigenvalue weighted by Crippen LogP contribution is -2.41. The third kappa shape index (κ3) is 3.64. The van der Waals surface area contributed by atoms with E-state index in [1.165, 1.54) is 5.56 Å². The second-order valence-corrected chi connectivity index (χ2v) is 8.92. The SMILES string of the molecule is CNC(=O)Cn1c(=O)n(C2CCN(C3CCCc4cc(F)ccc43)CC2)c2ccccc21. The number of rotatable bonds is 4. The lowest BCUT2D eigenvalue weighted by atomic mass is 9.85. The van der Waals surface area contributed by atoms with Crippen molar-refractivity contribution in [3.63, 3.8) is 0 Å². The molecule has 2 aliphatic rings. The number of likely N-dealkylation sites (N-methyl/N-ethyl adjacent to an activating group) is 1. The Kier molecular flexibility index (Phi) is 5.59. The van der Waals surface area contributed by atoms with Gasteiger partial charge in [-0.25, -0.2) is 9.18 Å². The zero-order valence-corrected chi connectivity index (χ0v) is 18.4. The number of benzene rings is 2. The van der Waals surface area contributed by atoms with Crippen molar-refractivity contribution in [3.05, 3.63) is 69.9 Å². The summed E-state index contributed by atoms with van der Waals surface area (Å²) in [5, 5.41) is 2.61. The second-order valence-electron chi connectivity index (χ2n) is 8.92. The molecule has 0 saturated carbocycles. The molecule has 3 aromatic rings. The minimum atomic E-state index is -0.183. The Morgan fingerprint density at radius 2 is 1.84 bits per heavy atom. The lowest BCUT2D eigenvalue weighted by molar-refractivity contribution is -0.121. The van der Waals surface area contributed by atoms with E-state index >= 15 is 0 Å². The van der Waals surface area contributed by atoms with Crippen LogP contribution in [0.3, 0.4) is 0 Å². The number of halogens is 1. The molecule has 168 valence electrons. The van der Waals surface area contributed by atoms with Gasteiger partial charge in [0.25, 0.3) is 0 Å². The van der Waals surface area contributed by atoms with Gasteiger partial charge in [0, 0.05) is 32.2 Å². The highest BCUT2D eigenvalue weighted by molar-refractivity contribution is 5.80. The highest BCUT2D eigenvalue weighted by Gasteiger charge is 2.31. The predicted molar refractivity (Wildman–Crippen MR) is 122 cm³/mol. The van der Waals surface area contributed by atoms with Crippen LogP contribution >= 0.6 is 0 Å². The molecular weight excluding hydrogens is 407 g/mol. The van der Waals surface area contributed by atoms with E-state index in [-0.39, 0.29) is 30.0 Å². The van der Waals surface area contributed by atoms with Crippen LogP contribution in [-0.2, 0) is 17.8 Å². The summed E-state index contributed by atoms with van der Waals surface area (Å²) in [5.41, 5.74) is 3.96. The molecule has 1 saturated heterocycles. The van der Waals surface area contributed by atoms with E-state index in [0.717, 1.165) is 61.8 Å². The summed E-state index contributed by atoms with van der Waals surface area (Å²) < 4.78 is 17.2. The fourth-order valence-corrected chi connectivity index (χ4v) is 5.55. The Balaban J connectivity index is 1.39. The standard InChI is InChI=1S/C25H29FN4O2/c1-27-24(31)16-29-22-6-2-3-7-23(22)30(25(29)32)19-11-13-28(14-12-19)21-8-4-5-17-15-18(26)9-10-20(17)21/h2-3,6-7,9-10,15,19,21H,4-5,8,11-14,16H2,1H3,(H,27,31). The van der Waals surface area contributed by atoms with Crippen molar-refractivity contribution in [1.29, 1.82) is 0 Å². The largest absolute Gasteiger partial charge is 0.358 e. The molecule has 0 bridgehead atoms. The van der Waals surface area contributed by atoms with Gasteiger partial charge < -0.3 is 5.32 Å². The van der Waals surface area contributed by atoms with E-state index in [4.69, 9.17) is 0 Å². The van der Waals surface area contributed by atoms with Gasteiger partial charge in [0.15, 0.2) is 0 Å². The van der Waals surface area contributed by atoms with Crippen molar-refractivity contribution in [2.75, 3.05) is 20.1 Å². The molecule has 1 aromatic heterocycles. The van der Waals surface area contributed by atoms with Crippen molar-refractivity contribution in [1.82, 2.24) is 19.4 Å². The maximum atomic E-state index is 13.7. The molecule has 1 aliphatic heterocycles. The third-order valence-electron chi connectivity index (χ3n) is 7.14. The molecule has 5 rings (SSSR count). The molecule has 1 aliphatic carbocycles. The van der Waals surface area contributed by atoms with Gasteiger partial charge in [0.1, 0.15) is 12.4 Å². The van der Waals surface area contributed by atoms with Crippen LogP contribution in [0.4, 0.5) is 4.39 Å². The summed E-state index contributed by atoms with van der Waals surface area (Å²) in [5.74, 6) is -0.340. The Morgan fingerprint density at radius 1 is 1.09 bits per heavy atom. The van der Waals surface area contributed by atoms with Gasteiger partial charge in [-0.1, -0.05) is 18.2 Å². The van der Waals surface area contributed by atoms with Crippen molar-refractivity contribution in [2.45, 2.75) is 50.7 Å². The molecule has 1 unspecified atom stereocenters. The first-order valence-electron chi connectivity index (χ1n) is 11.5. The van der Waals surface area contributed by atoms with Gasteiger partial charge in [-0.15, -0.1) is 0 Å². The molecule has 1 amide bonds. The number of amides is 1. The zero-order valence-electron chi connectivity index (χ0n) is 18.4. The number of aryl methyl sites for hydroxylation is 1. The minimum Gasteiger partial charge on any atom is -0.358 e. The number of nitrogens with zero attached hydrogens (tertiary/aromatic N) is 3. The smallest absolute Gasteiger partial charge is 0.329 e. The molecule has 1 atom stereocenters. The van der Waals surface area contributed by atoms with Gasteiger partial charge in [0.05, 0.1) is 11.0 Å². The number of hydrogen-bond donors (Lipinski definition) is 1. The molecule has 0 radical (unpaired) electrons. The summed E-state index contributed by atoms with van der Waals surface area (Å²) in [6.07, 6.45) is 4.87. The fraction of sp³-hybridized carbons (Fsp3) is 0.440. The molecular formula is C25H29FN4O2. The average Bonchev–Trinajstić information content (AvgIpc) is 3.09. The number of nitrogens with one attached hydrogen (secondary N) is 1. The minimum absolute atomic E-state index is 0.0249. The van der Waals surface area contributed by atoms with Gasteiger partial charge in [0.2, 0.25) is 5.91 Å². The Labute approximate surface area is 186 Å². The number of carbonyl (C=O) groups excluding carboxylic acids is 1. The van der Waals surface area contributed by atoms with Crippen LogP contribution in [0.1, 0.15) is 48.9 Å². The highest BCUT2D eigenvalue weighted by atomic mass is 19.1. The maximum absolute atomic E-state index is 13.7. The van der Waals surface area contributed by atoms with E-state index in [1.807, 2.05) is 34.9 Å². The molecule has 32 heavy (non-hydrogen) atoms. The number of carbonyl (C=O) groups is 1. The number of para-hydroxylation sites is 2. The first kappa shape index (κ1) is 20.9. The van der Waals surface area contributed by atoms with Gasteiger partial charge in [-0.05, 0) is 67.5 Å². The van der Waals surface area contributed by atoms with Gasteiger partial charge in [-0.3, -0.25) is 18.8 Å². The molecule has 6 nitrogen and oxygen atoms in total. The second kappa shape index (κ2) is 8.54. The van der Waals surface area contributed by atoms with Crippen LogP contribution in [0.25, 0.3) is 11.0 Å². The third-order valence-corrected chi connectivity index (χ3v) is 7.14. The Hall–Kier alpha value is -2.93. The summed E-state index contributed by atoms with van der Waals surface area (Å²) in [6, 6.07) is 13.4. The predicted octanol–water partition coefficient (Wildman–Crippen LogP) is 3.40. The van der Waals surface area contributed by atoms with Crippen LogP contribution in [0.15, 0.2) is 47.3 Å². The summed E-state index contributed by atoms with van der Waals surface area (Å²) in [6.45, 7) is 1.82. The molecule has 1 fully saturated rings. The van der Waals surface area contributed by atoms with E-state index < -0.39 is 0 Å². The number of imidazole rings is 1. The Morgan fingerprint density at radius 3 is 2.59 bits per heavy atom. The Bertz CT molecular complexity index is 1210. The number of fused-ring (bicyclic) bond motifs is 2. The van der Waals surface area contributed by atoms with Crippen molar-refractivity contribution in [3.8, 4) is 0 Å². The van der Waals surface area contributed by atoms with Crippen LogP contribution < -0.4 is 11.0 Å². The van der Waals surface area contributed by atoms with Crippen LogP contribution in [0.5, 0.6) is 0 Å². The molecule has 1 N–H and O–H groups in total. The van der Waals surface area contributed by atoms with Gasteiger partial charge >= 0.3 is 5.69 Å². The van der Waals surface area contributed by atoms with Crippen LogP contribution in [0, 0.1) is 5.82 Å². The lowest BCUT2D eigenvalue weighted by Gasteiger charge is -2.40. The van der Waals surface area contributed by atoms with Crippen LogP contribution in [0.2, 0.25) is 0 Å². The van der Waals surface area contributed by atoms with E-state index in [0.29, 0.717) is 6.04 Å². The maximum Gasteiger partial charge on any atom is 0.329 e. The van der Waals surface area contributed by atoms with Crippen LogP contribution in [-0.4, -0.2) is 40.1 Å². The fourth-order valence-electron chi connectivity index (χ4n) is 5.55. The number of hydrogen-bond acceptors (Lipinski definition) is 3.